The summed E-state index contributed by atoms with van der Waals surface area (Å²) in [5.41, 5.74) is 2.48. The molecule has 2 aliphatic rings. The van der Waals surface area contributed by atoms with Crippen molar-refractivity contribution in [3.8, 4) is 0 Å². The molecule has 0 unspecified atom stereocenters. The van der Waals surface area contributed by atoms with Crippen LogP contribution in [0.25, 0.3) is 0 Å². The molecule has 0 spiro atoms. The third kappa shape index (κ3) is 3.09. The second-order valence-corrected chi connectivity index (χ2v) is 6.10. The largest absolute Gasteiger partial charge is 0.478 e. The topological polar surface area (TPSA) is 40.5 Å². The van der Waals surface area contributed by atoms with E-state index >= 15 is 0 Å². The highest BCUT2D eigenvalue weighted by Gasteiger charge is 2.29. The van der Waals surface area contributed by atoms with Crippen LogP contribution in [0, 0.1) is 18.8 Å². The lowest BCUT2D eigenvalue weighted by atomic mass is 10.1. The van der Waals surface area contributed by atoms with Gasteiger partial charge in [-0.1, -0.05) is 0 Å². The van der Waals surface area contributed by atoms with Crippen molar-refractivity contribution in [3.63, 3.8) is 0 Å². The molecule has 2 aliphatic carbocycles. The Hall–Kier alpha value is -1.51. The molecule has 1 aromatic rings. The summed E-state index contributed by atoms with van der Waals surface area (Å²) >= 11 is 0. The predicted molar refractivity (Wildman–Crippen MR) is 75.8 cm³/mol. The normalized spacial score (nSPS) is 18.4. The van der Waals surface area contributed by atoms with Gasteiger partial charge in [0.2, 0.25) is 0 Å². The zero-order valence-corrected chi connectivity index (χ0v) is 11.4. The van der Waals surface area contributed by atoms with Crippen molar-refractivity contribution in [2.45, 2.75) is 32.6 Å². The summed E-state index contributed by atoms with van der Waals surface area (Å²) < 4.78 is 0. The number of carbonyl (C=O) groups is 1. The minimum atomic E-state index is -0.833. The minimum absolute atomic E-state index is 0.418. The number of aryl methyl sites for hydroxylation is 1. The standard InChI is InChI=1S/C16H21NO2/c1-11-8-14(6-7-15(11)16(18)19)17(9-12-2-3-12)10-13-4-5-13/h6-8,12-13H,2-5,9-10H2,1H3,(H,18,19). The second kappa shape index (κ2) is 4.87. The summed E-state index contributed by atoms with van der Waals surface area (Å²) in [6.45, 7) is 4.17. The predicted octanol–water partition coefficient (Wildman–Crippen LogP) is 3.32. The number of rotatable bonds is 6. The maximum atomic E-state index is 11.1. The van der Waals surface area contributed by atoms with Crippen molar-refractivity contribution in [2.24, 2.45) is 11.8 Å². The molecule has 0 aliphatic heterocycles. The molecule has 0 aromatic heterocycles. The summed E-state index contributed by atoms with van der Waals surface area (Å²) in [4.78, 5) is 13.5. The van der Waals surface area contributed by atoms with Gasteiger partial charge in [-0.25, -0.2) is 4.79 Å². The number of carboxylic acids is 1. The van der Waals surface area contributed by atoms with E-state index in [1.807, 2.05) is 19.1 Å². The number of carboxylic acid groups (broad SMARTS) is 1. The molecule has 3 nitrogen and oxygen atoms in total. The highest BCUT2D eigenvalue weighted by molar-refractivity contribution is 5.89. The number of aromatic carboxylic acids is 1. The van der Waals surface area contributed by atoms with Gasteiger partial charge in [-0.05, 0) is 68.2 Å². The first kappa shape index (κ1) is 12.5. The van der Waals surface area contributed by atoms with Crippen LogP contribution in [-0.4, -0.2) is 24.2 Å². The van der Waals surface area contributed by atoms with Gasteiger partial charge in [-0.2, -0.15) is 0 Å². The Bertz CT molecular complexity index is 476. The summed E-state index contributed by atoms with van der Waals surface area (Å²) in [7, 11) is 0. The number of hydrogen-bond acceptors (Lipinski definition) is 2. The SMILES string of the molecule is Cc1cc(N(CC2CC2)CC2CC2)ccc1C(=O)O. The van der Waals surface area contributed by atoms with E-state index in [1.165, 1.54) is 31.4 Å². The van der Waals surface area contributed by atoms with Gasteiger partial charge in [0.15, 0.2) is 0 Å². The second-order valence-electron chi connectivity index (χ2n) is 6.10. The van der Waals surface area contributed by atoms with Crippen LogP contribution in [-0.2, 0) is 0 Å². The van der Waals surface area contributed by atoms with Gasteiger partial charge < -0.3 is 10.0 Å². The Morgan fingerprint density at radius 2 is 1.79 bits per heavy atom. The van der Waals surface area contributed by atoms with E-state index in [0.29, 0.717) is 5.56 Å². The van der Waals surface area contributed by atoms with Crippen LogP contribution < -0.4 is 4.90 Å². The van der Waals surface area contributed by atoms with Crippen LogP contribution >= 0.6 is 0 Å². The molecule has 1 aromatic carbocycles. The van der Waals surface area contributed by atoms with Crippen molar-refractivity contribution in [1.29, 1.82) is 0 Å². The Morgan fingerprint density at radius 3 is 2.21 bits per heavy atom. The number of anilines is 1. The smallest absolute Gasteiger partial charge is 0.335 e. The summed E-state index contributed by atoms with van der Waals surface area (Å²) in [6.07, 6.45) is 5.42. The fraction of sp³-hybridized carbons (Fsp3) is 0.562. The molecule has 0 amide bonds. The molecule has 0 heterocycles. The molecule has 0 radical (unpaired) electrons. The monoisotopic (exact) mass is 259 g/mol. The van der Waals surface area contributed by atoms with Crippen molar-refractivity contribution in [2.75, 3.05) is 18.0 Å². The first-order valence-electron chi connectivity index (χ1n) is 7.22. The molecule has 2 fully saturated rings. The van der Waals surface area contributed by atoms with Gasteiger partial charge in [-0.15, -0.1) is 0 Å². The first-order chi connectivity index (χ1) is 9.13. The lowest BCUT2D eigenvalue weighted by Gasteiger charge is -2.25. The molecular weight excluding hydrogens is 238 g/mol. The molecule has 2 saturated carbocycles. The van der Waals surface area contributed by atoms with Crippen LogP contribution in [0.4, 0.5) is 5.69 Å². The zero-order chi connectivity index (χ0) is 13.4. The molecule has 0 atom stereocenters. The van der Waals surface area contributed by atoms with Crippen molar-refractivity contribution < 1.29 is 9.90 Å². The fourth-order valence-electron chi connectivity index (χ4n) is 2.59. The molecule has 3 heteroatoms. The third-order valence-corrected chi connectivity index (χ3v) is 4.16. The van der Waals surface area contributed by atoms with Gasteiger partial charge in [-0.3, -0.25) is 0 Å². The fourth-order valence-corrected chi connectivity index (χ4v) is 2.59. The van der Waals surface area contributed by atoms with Crippen molar-refractivity contribution in [1.82, 2.24) is 0 Å². The quantitative estimate of drug-likeness (QED) is 0.852. The average Bonchev–Trinajstić information content (AvgIpc) is 3.22. The van der Waals surface area contributed by atoms with Crippen LogP contribution in [0.5, 0.6) is 0 Å². The Balaban J connectivity index is 1.79. The number of hydrogen-bond donors (Lipinski definition) is 1. The van der Waals surface area contributed by atoms with Crippen molar-refractivity contribution in [3.05, 3.63) is 29.3 Å². The molecule has 19 heavy (non-hydrogen) atoms. The van der Waals surface area contributed by atoms with Gasteiger partial charge in [0.05, 0.1) is 5.56 Å². The number of benzene rings is 1. The maximum Gasteiger partial charge on any atom is 0.335 e. The highest BCUT2D eigenvalue weighted by atomic mass is 16.4. The Kier molecular flexibility index (Phi) is 3.21. The minimum Gasteiger partial charge on any atom is -0.478 e. The van der Waals surface area contributed by atoms with E-state index in [9.17, 15) is 4.79 Å². The van der Waals surface area contributed by atoms with Crippen molar-refractivity contribution >= 4 is 11.7 Å². The summed E-state index contributed by atoms with van der Waals surface area (Å²) in [6, 6.07) is 5.76. The van der Waals surface area contributed by atoms with Gasteiger partial charge in [0, 0.05) is 18.8 Å². The molecular formula is C16H21NO2. The summed E-state index contributed by atoms with van der Waals surface area (Å²) in [5, 5.41) is 9.09. The van der Waals surface area contributed by atoms with E-state index in [0.717, 1.165) is 30.5 Å². The van der Waals surface area contributed by atoms with Gasteiger partial charge in [0.25, 0.3) is 0 Å². The maximum absolute atomic E-state index is 11.1. The summed E-state index contributed by atoms with van der Waals surface area (Å²) in [5.74, 6) is 0.886. The van der Waals surface area contributed by atoms with Gasteiger partial charge >= 0.3 is 5.97 Å². The molecule has 102 valence electrons. The molecule has 0 saturated heterocycles. The molecule has 0 bridgehead atoms. The van der Waals surface area contributed by atoms with Crippen LogP contribution in [0.3, 0.4) is 0 Å². The van der Waals surface area contributed by atoms with E-state index in [4.69, 9.17) is 5.11 Å². The highest BCUT2D eigenvalue weighted by Crippen LogP contribution is 2.36. The van der Waals surface area contributed by atoms with Crippen LogP contribution in [0.15, 0.2) is 18.2 Å². The van der Waals surface area contributed by atoms with Gasteiger partial charge in [0.1, 0.15) is 0 Å². The molecule has 1 N–H and O–H groups in total. The third-order valence-electron chi connectivity index (χ3n) is 4.16. The van der Waals surface area contributed by atoms with Crippen LogP contribution in [0.1, 0.15) is 41.6 Å². The average molecular weight is 259 g/mol. The lowest BCUT2D eigenvalue weighted by molar-refractivity contribution is 0.0696. The Morgan fingerprint density at radius 1 is 1.21 bits per heavy atom. The lowest BCUT2D eigenvalue weighted by Crippen LogP contribution is -2.28. The number of nitrogens with zero attached hydrogens (tertiary/aromatic N) is 1. The van der Waals surface area contributed by atoms with E-state index in [-0.39, 0.29) is 0 Å². The molecule has 3 rings (SSSR count). The Labute approximate surface area is 114 Å². The first-order valence-corrected chi connectivity index (χ1v) is 7.22. The van der Waals surface area contributed by atoms with E-state index in [2.05, 4.69) is 4.90 Å². The van der Waals surface area contributed by atoms with E-state index in [1.54, 1.807) is 6.07 Å². The van der Waals surface area contributed by atoms with Crippen LogP contribution in [0.2, 0.25) is 0 Å². The van der Waals surface area contributed by atoms with E-state index < -0.39 is 5.97 Å². The zero-order valence-electron chi connectivity index (χ0n) is 11.4.